The zero-order chi connectivity index (χ0) is 13.1. The molecule has 1 amide bonds. The molecule has 6 nitrogen and oxygen atoms in total. The molecule has 0 saturated heterocycles. The number of rotatable bonds is 5. The summed E-state index contributed by atoms with van der Waals surface area (Å²) in [5.74, 6) is -0.203. The third-order valence-corrected chi connectivity index (χ3v) is 3.72. The minimum atomic E-state index is -0.502. The van der Waals surface area contributed by atoms with Crippen LogP contribution in [0.1, 0.15) is 28.9 Å². The van der Waals surface area contributed by atoms with Gasteiger partial charge in [-0.15, -0.1) is 0 Å². The molecule has 0 spiro atoms. The first-order valence-corrected chi connectivity index (χ1v) is 6.37. The molecule has 94 valence electrons. The molecule has 0 bridgehead atoms. The SMILES string of the molecule is N#CCCN(C(=O)c1ccc([N+](=O)[O-])s1)C1CC1. The molecule has 0 unspecified atom stereocenters. The van der Waals surface area contributed by atoms with Gasteiger partial charge in [-0.05, 0) is 18.9 Å². The second-order valence-corrected chi connectivity index (χ2v) is 5.10. The van der Waals surface area contributed by atoms with E-state index >= 15 is 0 Å². The van der Waals surface area contributed by atoms with Crippen LogP contribution >= 0.6 is 11.3 Å². The molecule has 2 rings (SSSR count). The van der Waals surface area contributed by atoms with Crippen LogP contribution < -0.4 is 0 Å². The Bertz CT molecular complexity index is 516. The van der Waals surface area contributed by atoms with E-state index in [1.54, 1.807) is 4.90 Å². The molecule has 0 radical (unpaired) electrons. The summed E-state index contributed by atoms with van der Waals surface area (Å²) in [6, 6.07) is 5.03. The van der Waals surface area contributed by atoms with Crippen molar-refractivity contribution in [2.45, 2.75) is 25.3 Å². The lowest BCUT2D eigenvalue weighted by atomic mass is 10.3. The molecule has 0 aromatic carbocycles. The van der Waals surface area contributed by atoms with Gasteiger partial charge in [0.05, 0.1) is 22.3 Å². The minimum Gasteiger partial charge on any atom is -0.334 e. The third-order valence-electron chi connectivity index (χ3n) is 2.70. The number of carbonyl (C=O) groups is 1. The van der Waals surface area contributed by atoms with Crippen LogP contribution in [0.3, 0.4) is 0 Å². The van der Waals surface area contributed by atoms with Gasteiger partial charge in [-0.2, -0.15) is 5.26 Å². The summed E-state index contributed by atoms with van der Waals surface area (Å²) in [7, 11) is 0. The first-order chi connectivity index (χ1) is 8.63. The summed E-state index contributed by atoms with van der Waals surface area (Å²) in [6.07, 6.45) is 2.19. The van der Waals surface area contributed by atoms with Crippen molar-refractivity contribution < 1.29 is 9.72 Å². The molecule has 1 fully saturated rings. The molecule has 0 aliphatic heterocycles. The Labute approximate surface area is 108 Å². The van der Waals surface area contributed by atoms with Crippen molar-refractivity contribution in [3.05, 3.63) is 27.1 Å². The molecule has 0 N–H and O–H groups in total. The molecule has 1 saturated carbocycles. The van der Waals surface area contributed by atoms with Crippen molar-refractivity contribution in [2.75, 3.05) is 6.54 Å². The van der Waals surface area contributed by atoms with E-state index in [-0.39, 0.29) is 23.4 Å². The molecular formula is C11H11N3O3S. The summed E-state index contributed by atoms with van der Waals surface area (Å²) in [6.45, 7) is 0.395. The maximum Gasteiger partial charge on any atom is 0.324 e. The van der Waals surface area contributed by atoms with Gasteiger partial charge in [0, 0.05) is 18.7 Å². The number of hydrogen-bond acceptors (Lipinski definition) is 5. The summed E-state index contributed by atoms with van der Waals surface area (Å²) in [5, 5.41) is 19.1. The lowest BCUT2D eigenvalue weighted by Gasteiger charge is -2.19. The van der Waals surface area contributed by atoms with Crippen molar-refractivity contribution in [1.29, 1.82) is 5.26 Å². The van der Waals surface area contributed by atoms with E-state index in [0.29, 0.717) is 11.4 Å². The van der Waals surface area contributed by atoms with Gasteiger partial charge >= 0.3 is 5.00 Å². The van der Waals surface area contributed by atoms with Crippen LogP contribution in [-0.4, -0.2) is 28.3 Å². The number of nitriles is 1. The van der Waals surface area contributed by atoms with Crippen LogP contribution in [-0.2, 0) is 0 Å². The molecule has 1 aliphatic rings. The smallest absolute Gasteiger partial charge is 0.324 e. The number of amides is 1. The largest absolute Gasteiger partial charge is 0.334 e. The normalized spacial score (nSPS) is 13.9. The lowest BCUT2D eigenvalue weighted by Crippen LogP contribution is -2.33. The zero-order valence-corrected chi connectivity index (χ0v) is 10.4. The standard InChI is InChI=1S/C11H11N3O3S/c12-6-1-7-13(8-2-3-8)11(15)9-4-5-10(18-9)14(16)17/h4-5,8H,1-3,7H2. The Morgan fingerprint density at radius 1 is 1.61 bits per heavy atom. The summed E-state index contributed by atoms with van der Waals surface area (Å²) in [5.41, 5.74) is 0. The fraction of sp³-hybridized carbons (Fsp3) is 0.455. The summed E-state index contributed by atoms with van der Waals surface area (Å²) in [4.78, 5) is 24.3. The minimum absolute atomic E-state index is 0.0330. The highest BCUT2D eigenvalue weighted by atomic mass is 32.1. The van der Waals surface area contributed by atoms with Crippen LogP contribution in [0.5, 0.6) is 0 Å². The predicted molar refractivity (Wildman–Crippen MR) is 65.3 cm³/mol. The summed E-state index contributed by atoms with van der Waals surface area (Å²) >= 11 is 0.883. The number of nitro groups is 1. The molecule has 1 heterocycles. The zero-order valence-electron chi connectivity index (χ0n) is 9.54. The molecule has 1 aromatic rings. The van der Waals surface area contributed by atoms with Crippen molar-refractivity contribution in [3.8, 4) is 6.07 Å². The topological polar surface area (TPSA) is 87.2 Å². The maximum atomic E-state index is 12.2. The van der Waals surface area contributed by atoms with Crippen molar-refractivity contribution in [1.82, 2.24) is 4.90 Å². The van der Waals surface area contributed by atoms with Gasteiger partial charge in [0.25, 0.3) is 5.91 Å². The van der Waals surface area contributed by atoms with Gasteiger partial charge in [0.2, 0.25) is 0 Å². The Balaban J connectivity index is 2.11. The second kappa shape index (κ2) is 5.14. The van der Waals surface area contributed by atoms with Gasteiger partial charge < -0.3 is 4.90 Å². The monoisotopic (exact) mass is 265 g/mol. The van der Waals surface area contributed by atoms with Gasteiger partial charge in [-0.1, -0.05) is 11.3 Å². The van der Waals surface area contributed by atoms with E-state index in [1.165, 1.54) is 12.1 Å². The molecule has 1 aromatic heterocycles. The van der Waals surface area contributed by atoms with Gasteiger partial charge in [-0.25, -0.2) is 0 Å². The van der Waals surface area contributed by atoms with Crippen molar-refractivity contribution in [3.63, 3.8) is 0 Å². The van der Waals surface area contributed by atoms with E-state index in [4.69, 9.17) is 5.26 Å². The average Bonchev–Trinajstić information content (AvgIpc) is 3.05. The Hall–Kier alpha value is -1.94. The number of thiophene rings is 1. The van der Waals surface area contributed by atoms with E-state index in [9.17, 15) is 14.9 Å². The molecule has 7 heteroatoms. The Morgan fingerprint density at radius 2 is 2.33 bits per heavy atom. The van der Waals surface area contributed by atoms with Crippen molar-refractivity contribution >= 4 is 22.2 Å². The van der Waals surface area contributed by atoms with E-state index in [2.05, 4.69) is 0 Å². The van der Waals surface area contributed by atoms with Crippen LogP contribution in [0, 0.1) is 21.4 Å². The Kier molecular flexibility index (Phi) is 3.58. The molecular weight excluding hydrogens is 254 g/mol. The van der Waals surface area contributed by atoms with Gasteiger partial charge in [0.1, 0.15) is 0 Å². The van der Waals surface area contributed by atoms with Gasteiger partial charge in [0.15, 0.2) is 0 Å². The highest BCUT2D eigenvalue weighted by Gasteiger charge is 2.33. The molecule has 0 atom stereocenters. The highest BCUT2D eigenvalue weighted by Crippen LogP contribution is 2.31. The van der Waals surface area contributed by atoms with Crippen LogP contribution in [0.25, 0.3) is 0 Å². The molecule has 18 heavy (non-hydrogen) atoms. The van der Waals surface area contributed by atoms with E-state index in [0.717, 1.165) is 24.2 Å². The number of hydrogen-bond donors (Lipinski definition) is 0. The number of nitrogens with zero attached hydrogens (tertiary/aromatic N) is 3. The van der Waals surface area contributed by atoms with E-state index in [1.807, 2.05) is 6.07 Å². The van der Waals surface area contributed by atoms with Crippen LogP contribution in [0.4, 0.5) is 5.00 Å². The van der Waals surface area contributed by atoms with E-state index < -0.39 is 4.92 Å². The van der Waals surface area contributed by atoms with Crippen LogP contribution in [0.15, 0.2) is 12.1 Å². The Morgan fingerprint density at radius 3 is 2.83 bits per heavy atom. The lowest BCUT2D eigenvalue weighted by molar-refractivity contribution is -0.380. The fourth-order valence-electron chi connectivity index (χ4n) is 1.69. The van der Waals surface area contributed by atoms with Crippen LogP contribution in [0.2, 0.25) is 0 Å². The second-order valence-electron chi connectivity index (χ2n) is 4.03. The van der Waals surface area contributed by atoms with Crippen molar-refractivity contribution in [2.24, 2.45) is 0 Å². The highest BCUT2D eigenvalue weighted by molar-refractivity contribution is 7.17. The first-order valence-electron chi connectivity index (χ1n) is 5.55. The predicted octanol–water partition coefficient (Wildman–Crippen LogP) is 2.17. The average molecular weight is 265 g/mol. The van der Waals surface area contributed by atoms with Gasteiger partial charge in [-0.3, -0.25) is 14.9 Å². The number of carbonyl (C=O) groups excluding carboxylic acids is 1. The quantitative estimate of drug-likeness (QED) is 0.603. The summed E-state index contributed by atoms with van der Waals surface area (Å²) < 4.78 is 0. The third kappa shape index (κ3) is 2.65. The maximum absolute atomic E-state index is 12.2. The fourth-order valence-corrected chi connectivity index (χ4v) is 2.47. The first kappa shape index (κ1) is 12.5. The molecule has 1 aliphatic carbocycles.